The summed E-state index contributed by atoms with van der Waals surface area (Å²) in [7, 11) is 1.21. The summed E-state index contributed by atoms with van der Waals surface area (Å²) in [4.78, 5) is 58.8. The van der Waals surface area contributed by atoms with Crippen LogP contribution >= 0.6 is 0 Å². The first-order valence-electron chi connectivity index (χ1n) is 9.91. The van der Waals surface area contributed by atoms with E-state index in [1.807, 2.05) is 0 Å². The predicted octanol–water partition coefficient (Wildman–Crippen LogP) is 1.81. The van der Waals surface area contributed by atoms with E-state index < -0.39 is 29.6 Å². The van der Waals surface area contributed by atoms with E-state index in [-0.39, 0.29) is 18.7 Å². The van der Waals surface area contributed by atoms with Crippen molar-refractivity contribution >= 4 is 29.6 Å². The third kappa shape index (κ3) is 5.26. The lowest BCUT2D eigenvalue weighted by Crippen LogP contribution is -2.45. The first-order valence-corrected chi connectivity index (χ1v) is 9.91. The van der Waals surface area contributed by atoms with Crippen molar-refractivity contribution in [3.05, 3.63) is 53.6 Å². The molecule has 1 aliphatic rings. The molecule has 0 aliphatic carbocycles. The zero-order valence-corrected chi connectivity index (χ0v) is 18.2. The topological polar surface area (TPSA) is 128 Å². The van der Waals surface area contributed by atoms with Crippen molar-refractivity contribution in [2.45, 2.75) is 45.3 Å². The Labute approximate surface area is 184 Å². The molecule has 0 saturated heterocycles. The van der Waals surface area contributed by atoms with Gasteiger partial charge in [-0.15, -0.1) is 0 Å². The summed E-state index contributed by atoms with van der Waals surface area (Å²) in [6.45, 7) is 5.12. The van der Waals surface area contributed by atoms with Gasteiger partial charge >= 0.3 is 12.1 Å². The van der Waals surface area contributed by atoms with Crippen molar-refractivity contribution < 1.29 is 28.7 Å². The second-order valence-electron chi connectivity index (χ2n) is 8.18. The van der Waals surface area contributed by atoms with Crippen LogP contribution in [0.15, 0.2) is 36.8 Å². The predicted molar refractivity (Wildman–Crippen MR) is 113 cm³/mol. The molecule has 168 valence electrons. The van der Waals surface area contributed by atoms with E-state index in [0.717, 1.165) is 4.90 Å². The quantitative estimate of drug-likeness (QED) is 0.551. The van der Waals surface area contributed by atoms with Crippen LogP contribution in [0.2, 0.25) is 0 Å². The number of hydrogen-bond acceptors (Lipinski definition) is 8. The number of hydrogen-bond donors (Lipinski definition) is 1. The Morgan fingerprint density at radius 3 is 2.56 bits per heavy atom. The molecule has 0 fully saturated rings. The third-order valence-electron chi connectivity index (χ3n) is 4.59. The summed E-state index contributed by atoms with van der Waals surface area (Å²) in [6, 6.07) is 3.68. The number of nitrogens with one attached hydrogen (secondary N) is 1. The second kappa shape index (κ2) is 9.13. The van der Waals surface area contributed by atoms with E-state index in [9.17, 15) is 19.2 Å². The van der Waals surface area contributed by atoms with Crippen LogP contribution in [0.1, 0.15) is 42.4 Å². The number of methoxy groups -OCH3 is 1. The molecule has 0 spiro atoms. The van der Waals surface area contributed by atoms with Crippen molar-refractivity contribution in [2.24, 2.45) is 0 Å². The highest BCUT2D eigenvalue weighted by molar-refractivity contribution is 6.24. The lowest BCUT2D eigenvalue weighted by atomic mass is 10.0. The van der Waals surface area contributed by atoms with Crippen LogP contribution in [0.25, 0.3) is 0 Å². The zero-order chi connectivity index (χ0) is 23.5. The van der Waals surface area contributed by atoms with Crippen molar-refractivity contribution in [1.29, 1.82) is 0 Å². The molecule has 0 aromatic carbocycles. The Bertz CT molecular complexity index is 1050. The molecule has 0 unspecified atom stereocenters. The number of fused-ring (bicyclic) bond motifs is 1. The van der Waals surface area contributed by atoms with Crippen LogP contribution in [0.4, 0.5) is 10.5 Å². The molecule has 0 radical (unpaired) electrons. The number of aromatic nitrogens is 2. The number of pyridine rings is 2. The molecule has 3 rings (SSSR count). The van der Waals surface area contributed by atoms with Crippen LogP contribution in [0, 0.1) is 0 Å². The number of amides is 3. The molecule has 10 heteroatoms. The monoisotopic (exact) mass is 440 g/mol. The SMILES string of the molecule is COC(=O)[C@H](Cc1ccc(N2C(=O)Cc3cnccc3C2=O)cn1)NC(=O)OC(C)(C)C. The number of rotatable bonds is 5. The van der Waals surface area contributed by atoms with Gasteiger partial charge in [0.1, 0.15) is 11.6 Å². The van der Waals surface area contributed by atoms with Crippen LogP contribution in [0.3, 0.4) is 0 Å². The van der Waals surface area contributed by atoms with Gasteiger partial charge in [0.15, 0.2) is 0 Å². The van der Waals surface area contributed by atoms with Gasteiger partial charge in [-0.3, -0.25) is 19.6 Å². The van der Waals surface area contributed by atoms with E-state index >= 15 is 0 Å². The highest BCUT2D eigenvalue weighted by atomic mass is 16.6. The number of esters is 1. The minimum absolute atomic E-state index is 0.0303. The molecule has 1 atom stereocenters. The Kier molecular flexibility index (Phi) is 6.52. The smallest absolute Gasteiger partial charge is 0.408 e. The molecule has 2 aromatic rings. The molecule has 10 nitrogen and oxygen atoms in total. The van der Waals surface area contributed by atoms with Gasteiger partial charge in [0.2, 0.25) is 5.91 Å². The molecule has 1 aliphatic heterocycles. The number of nitrogens with zero attached hydrogens (tertiary/aromatic N) is 3. The van der Waals surface area contributed by atoms with E-state index in [4.69, 9.17) is 9.47 Å². The Morgan fingerprint density at radius 1 is 1.19 bits per heavy atom. The van der Waals surface area contributed by atoms with E-state index in [1.165, 1.54) is 25.7 Å². The molecule has 1 N–H and O–H groups in total. The summed E-state index contributed by atoms with van der Waals surface area (Å²) in [5.74, 6) is -1.50. The van der Waals surface area contributed by atoms with Gasteiger partial charge in [0, 0.05) is 30.1 Å². The summed E-state index contributed by atoms with van der Waals surface area (Å²) < 4.78 is 9.94. The standard InChI is InChI=1S/C22H24N4O6/c1-22(2,3)32-21(30)25-17(20(29)31-4)10-14-5-6-15(12-24-14)26-18(27)9-13-11-23-8-7-16(13)19(26)28/h5-8,11-12,17H,9-10H2,1-4H3,(H,25,30)/t17-/m0/s1. The van der Waals surface area contributed by atoms with Crippen molar-refractivity contribution in [3.8, 4) is 0 Å². The minimum atomic E-state index is -1.02. The van der Waals surface area contributed by atoms with Gasteiger partial charge in [-0.2, -0.15) is 0 Å². The van der Waals surface area contributed by atoms with Crippen molar-refractivity contribution in [1.82, 2.24) is 15.3 Å². The molecule has 0 bridgehead atoms. The summed E-state index contributed by atoms with van der Waals surface area (Å²) >= 11 is 0. The van der Waals surface area contributed by atoms with E-state index in [1.54, 1.807) is 39.0 Å². The normalized spacial score (nSPS) is 14.4. The van der Waals surface area contributed by atoms with Crippen LogP contribution in [0.5, 0.6) is 0 Å². The van der Waals surface area contributed by atoms with Crippen LogP contribution < -0.4 is 10.2 Å². The fraction of sp³-hybridized carbons (Fsp3) is 0.364. The Hall–Kier alpha value is -3.82. The van der Waals surface area contributed by atoms with Gasteiger partial charge in [-0.25, -0.2) is 14.5 Å². The molecular formula is C22H24N4O6. The first kappa shape index (κ1) is 22.9. The van der Waals surface area contributed by atoms with Crippen molar-refractivity contribution in [3.63, 3.8) is 0 Å². The average molecular weight is 440 g/mol. The molecule has 3 heterocycles. The highest BCUT2D eigenvalue weighted by Gasteiger charge is 2.32. The van der Waals surface area contributed by atoms with Crippen LogP contribution in [-0.2, 0) is 31.9 Å². The summed E-state index contributed by atoms with van der Waals surface area (Å²) in [6.07, 6.45) is 3.70. The zero-order valence-electron chi connectivity index (χ0n) is 18.2. The lowest BCUT2D eigenvalue weighted by Gasteiger charge is -2.26. The second-order valence-corrected chi connectivity index (χ2v) is 8.18. The third-order valence-corrected chi connectivity index (χ3v) is 4.59. The number of imide groups is 1. The summed E-state index contributed by atoms with van der Waals surface area (Å²) in [5, 5.41) is 2.48. The number of ether oxygens (including phenoxy) is 2. The molecule has 2 aromatic heterocycles. The van der Waals surface area contributed by atoms with Crippen LogP contribution in [-0.4, -0.2) is 52.6 Å². The molecule has 3 amide bonds. The van der Waals surface area contributed by atoms with E-state index in [0.29, 0.717) is 22.5 Å². The van der Waals surface area contributed by atoms with Gasteiger partial charge < -0.3 is 14.8 Å². The summed E-state index contributed by atoms with van der Waals surface area (Å²) in [5.41, 5.74) is 1.02. The van der Waals surface area contributed by atoms with Gasteiger partial charge in [0.05, 0.1) is 25.4 Å². The van der Waals surface area contributed by atoms with Gasteiger partial charge in [0.25, 0.3) is 5.91 Å². The number of carbonyl (C=O) groups is 4. The lowest BCUT2D eigenvalue weighted by molar-refractivity contribution is -0.143. The number of carbonyl (C=O) groups excluding carboxylic acids is 4. The molecule has 32 heavy (non-hydrogen) atoms. The van der Waals surface area contributed by atoms with Gasteiger partial charge in [-0.05, 0) is 44.5 Å². The highest BCUT2D eigenvalue weighted by Crippen LogP contribution is 2.24. The minimum Gasteiger partial charge on any atom is -0.467 e. The Balaban J connectivity index is 1.75. The fourth-order valence-electron chi connectivity index (χ4n) is 3.18. The molecule has 0 saturated carbocycles. The van der Waals surface area contributed by atoms with Gasteiger partial charge in [-0.1, -0.05) is 0 Å². The average Bonchev–Trinajstić information content (AvgIpc) is 2.72. The van der Waals surface area contributed by atoms with Crippen molar-refractivity contribution in [2.75, 3.05) is 12.0 Å². The maximum atomic E-state index is 12.8. The maximum Gasteiger partial charge on any atom is 0.408 e. The van der Waals surface area contributed by atoms with E-state index in [2.05, 4.69) is 15.3 Å². The number of alkyl carbamates (subject to hydrolysis) is 1. The maximum absolute atomic E-state index is 12.8. The molecular weight excluding hydrogens is 416 g/mol. The largest absolute Gasteiger partial charge is 0.467 e. The first-order chi connectivity index (χ1) is 15.1. The Morgan fingerprint density at radius 2 is 1.94 bits per heavy atom. The number of anilines is 1. The fourth-order valence-corrected chi connectivity index (χ4v) is 3.18.